The molecule has 1 aromatic carbocycles. The Labute approximate surface area is 146 Å². The SMILES string of the molecule is Cc1ccc(S(=O)(=O)N2CC[C@H]3C(=CC[C@H]4C(=O)NC(=O)[C@H]43)C2)cc1. The Morgan fingerprint density at radius 3 is 2.52 bits per heavy atom. The first kappa shape index (κ1) is 16.5. The molecule has 0 radical (unpaired) electrons. The van der Waals surface area contributed by atoms with Gasteiger partial charge in [-0.2, -0.15) is 4.31 Å². The zero-order valence-electron chi connectivity index (χ0n) is 13.9. The summed E-state index contributed by atoms with van der Waals surface area (Å²) >= 11 is 0. The van der Waals surface area contributed by atoms with Gasteiger partial charge in [0.25, 0.3) is 0 Å². The monoisotopic (exact) mass is 360 g/mol. The second kappa shape index (κ2) is 5.78. The van der Waals surface area contributed by atoms with Crippen LogP contribution in [-0.2, 0) is 19.6 Å². The highest BCUT2D eigenvalue weighted by Crippen LogP contribution is 2.43. The highest BCUT2D eigenvalue weighted by atomic mass is 32.2. The van der Waals surface area contributed by atoms with Gasteiger partial charge in [0.1, 0.15) is 0 Å². The average molecular weight is 360 g/mol. The number of imide groups is 1. The third-order valence-corrected chi connectivity index (χ3v) is 7.43. The van der Waals surface area contributed by atoms with Gasteiger partial charge in [-0.3, -0.25) is 14.9 Å². The van der Waals surface area contributed by atoms with Gasteiger partial charge in [-0.15, -0.1) is 0 Å². The Morgan fingerprint density at radius 2 is 1.80 bits per heavy atom. The van der Waals surface area contributed by atoms with Crippen LogP contribution in [0.2, 0.25) is 0 Å². The van der Waals surface area contributed by atoms with Gasteiger partial charge in [-0.25, -0.2) is 8.42 Å². The summed E-state index contributed by atoms with van der Waals surface area (Å²) in [5, 5.41) is 2.42. The number of piperidine rings is 1. The van der Waals surface area contributed by atoms with Crippen molar-refractivity contribution < 1.29 is 18.0 Å². The van der Waals surface area contributed by atoms with Crippen LogP contribution < -0.4 is 5.32 Å². The topological polar surface area (TPSA) is 83.6 Å². The minimum Gasteiger partial charge on any atom is -0.296 e. The zero-order valence-corrected chi connectivity index (χ0v) is 14.8. The van der Waals surface area contributed by atoms with E-state index in [1.54, 1.807) is 24.3 Å². The molecule has 3 atom stereocenters. The van der Waals surface area contributed by atoms with Crippen molar-refractivity contribution in [2.24, 2.45) is 17.8 Å². The van der Waals surface area contributed by atoms with Crippen LogP contribution >= 0.6 is 0 Å². The first-order valence-electron chi connectivity index (χ1n) is 8.48. The lowest BCUT2D eigenvalue weighted by Gasteiger charge is -2.39. The molecule has 2 fully saturated rings. The van der Waals surface area contributed by atoms with Gasteiger partial charge in [0, 0.05) is 13.1 Å². The summed E-state index contributed by atoms with van der Waals surface area (Å²) in [6, 6.07) is 6.84. The minimum absolute atomic E-state index is 0.0327. The number of allylic oxidation sites excluding steroid dienone is 1. The van der Waals surface area contributed by atoms with Gasteiger partial charge < -0.3 is 0 Å². The molecule has 3 aliphatic rings. The molecule has 132 valence electrons. The number of amides is 2. The molecule has 2 aliphatic heterocycles. The summed E-state index contributed by atoms with van der Waals surface area (Å²) in [6.07, 6.45) is 3.03. The number of benzene rings is 1. The summed E-state index contributed by atoms with van der Waals surface area (Å²) in [7, 11) is -3.55. The smallest absolute Gasteiger partial charge is 0.243 e. The van der Waals surface area contributed by atoms with E-state index in [2.05, 4.69) is 5.32 Å². The molecule has 6 nitrogen and oxygen atoms in total. The zero-order chi connectivity index (χ0) is 17.8. The van der Waals surface area contributed by atoms with E-state index in [0.717, 1.165) is 11.1 Å². The van der Waals surface area contributed by atoms with Crippen LogP contribution in [-0.4, -0.2) is 37.6 Å². The number of fused-ring (bicyclic) bond motifs is 3. The molecular weight excluding hydrogens is 340 g/mol. The summed E-state index contributed by atoms with van der Waals surface area (Å²) in [4.78, 5) is 24.3. The molecule has 0 unspecified atom stereocenters. The average Bonchev–Trinajstić information content (AvgIpc) is 2.89. The van der Waals surface area contributed by atoms with Crippen LogP contribution in [0.3, 0.4) is 0 Å². The Hall–Kier alpha value is -1.99. The molecule has 0 aromatic heterocycles. The Morgan fingerprint density at radius 1 is 1.08 bits per heavy atom. The number of carbonyl (C=O) groups excluding carboxylic acids is 2. The molecule has 0 spiro atoms. The van der Waals surface area contributed by atoms with E-state index >= 15 is 0 Å². The second-order valence-electron chi connectivity index (χ2n) is 7.05. The van der Waals surface area contributed by atoms with E-state index < -0.39 is 10.0 Å². The Balaban J connectivity index is 1.59. The fourth-order valence-corrected chi connectivity index (χ4v) is 5.64. The molecule has 1 aromatic rings. The van der Waals surface area contributed by atoms with Crippen LogP contribution in [0.4, 0.5) is 0 Å². The van der Waals surface area contributed by atoms with E-state index in [1.165, 1.54) is 4.31 Å². The number of nitrogens with zero attached hydrogens (tertiary/aromatic N) is 1. The molecule has 0 saturated carbocycles. The van der Waals surface area contributed by atoms with Gasteiger partial charge in [0.15, 0.2) is 0 Å². The highest BCUT2D eigenvalue weighted by Gasteiger charge is 2.50. The predicted molar refractivity (Wildman–Crippen MR) is 90.9 cm³/mol. The number of rotatable bonds is 2. The van der Waals surface area contributed by atoms with Gasteiger partial charge in [0.05, 0.1) is 16.7 Å². The molecular formula is C18H20N2O4S. The van der Waals surface area contributed by atoms with Gasteiger partial charge >= 0.3 is 0 Å². The fourth-order valence-electron chi connectivity index (χ4n) is 4.20. The maximum Gasteiger partial charge on any atom is 0.243 e. The number of aryl methyl sites for hydroxylation is 1. The lowest BCUT2D eigenvalue weighted by molar-refractivity contribution is -0.126. The van der Waals surface area contributed by atoms with E-state index in [4.69, 9.17) is 0 Å². The number of sulfonamides is 1. The van der Waals surface area contributed by atoms with Crippen LogP contribution in [0, 0.1) is 24.7 Å². The van der Waals surface area contributed by atoms with Crippen molar-refractivity contribution in [3.05, 3.63) is 41.5 Å². The Bertz CT molecular complexity index is 873. The fraction of sp³-hybridized carbons (Fsp3) is 0.444. The van der Waals surface area contributed by atoms with E-state index in [0.29, 0.717) is 30.8 Å². The van der Waals surface area contributed by atoms with Crippen molar-refractivity contribution >= 4 is 21.8 Å². The normalized spacial score (nSPS) is 29.6. The highest BCUT2D eigenvalue weighted by molar-refractivity contribution is 7.89. The molecule has 2 amide bonds. The standard InChI is InChI=1S/C18H20N2O4S/c1-11-2-5-13(6-3-11)25(23,24)20-9-8-14-12(10-20)4-7-15-16(14)18(22)19-17(15)21/h2-6,14-16H,7-10H2,1H3,(H,19,21,22)/t14-,15+,16-/m0/s1. The van der Waals surface area contributed by atoms with Gasteiger partial charge in [-0.1, -0.05) is 29.3 Å². The number of nitrogens with one attached hydrogen (secondary N) is 1. The molecule has 1 N–H and O–H groups in total. The molecule has 4 rings (SSSR count). The molecule has 2 saturated heterocycles. The number of hydrogen-bond donors (Lipinski definition) is 1. The van der Waals surface area contributed by atoms with Crippen molar-refractivity contribution in [2.45, 2.75) is 24.7 Å². The van der Waals surface area contributed by atoms with Crippen LogP contribution in [0.5, 0.6) is 0 Å². The van der Waals surface area contributed by atoms with Crippen molar-refractivity contribution in [2.75, 3.05) is 13.1 Å². The van der Waals surface area contributed by atoms with Crippen LogP contribution in [0.15, 0.2) is 40.8 Å². The van der Waals surface area contributed by atoms with Gasteiger partial charge in [0.2, 0.25) is 21.8 Å². The third-order valence-electron chi connectivity index (χ3n) is 5.57. The van der Waals surface area contributed by atoms with Crippen LogP contribution in [0.1, 0.15) is 18.4 Å². The summed E-state index contributed by atoms with van der Waals surface area (Å²) < 4.78 is 27.2. The first-order chi connectivity index (χ1) is 11.9. The molecule has 25 heavy (non-hydrogen) atoms. The molecule has 1 aliphatic carbocycles. The lowest BCUT2D eigenvalue weighted by atomic mass is 9.70. The second-order valence-corrected chi connectivity index (χ2v) is 8.99. The lowest BCUT2D eigenvalue weighted by Crippen LogP contribution is -2.45. The van der Waals surface area contributed by atoms with Crippen molar-refractivity contribution in [1.29, 1.82) is 0 Å². The van der Waals surface area contributed by atoms with Crippen molar-refractivity contribution in [1.82, 2.24) is 9.62 Å². The molecule has 0 bridgehead atoms. The largest absolute Gasteiger partial charge is 0.296 e. The summed E-state index contributed by atoms with van der Waals surface area (Å²) in [5.41, 5.74) is 1.98. The van der Waals surface area contributed by atoms with Crippen molar-refractivity contribution in [3.8, 4) is 0 Å². The van der Waals surface area contributed by atoms with E-state index in [1.807, 2.05) is 13.0 Å². The Kier molecular flexibility index (Phi) is 3.81. The van der Waals surface area contributed by atoms with Crippen LogP contribution in [0.25, 0.3) is 0 Å². The number of carbonyl (C=O) groups is 2. The molecule has 7 heteroatoms. The third kappa shape index (κ3) is 2.62. The summed E-state index contributed by atoms with van der Waals surface area (Å²) in [5.74, 6) is -1.06. The molecule has 2 heterocycles. The van der Waals surface area contributed by atoms with E-state index in [9.17, 15) is 18.0 Å². The quantitative estimate of drug-likeness (QED) is 0.635. The predicted octanol–water partition coefficient (Wildman–Crippen LogP) is 1.22. The van der Waals surface area contributed by atoms with Crippen molar-refractivity contribution in [3.63, 3.8) is 0 Å². The summed E-state index contributed by atoms with van der Waals surface area (Å²) in [6.45, 7) is 2.58. The first-order valence-corrected chi connectivity index (χ1v) is 9.92. The minimum atomic E-state index is -3.55. The number of hydrogen-bond acceptors (Lipinski definition) is 4. The maximum absolute atomic E-state index is 12.9. The van der Waals surface area contributed by atoms with Gasteiger partial charge in [-0.05, 0) is 37.8 Å². The van der Waals surface area contributed by atoms with E-state index in [-0.39, 0.29) is 29.6 Å². The maximum atomic E-state index is 12.9.